The molecule has 1 unspecified atom stereocenters. The molecule has 0 aliphatic heterocycles. The van der Waals surface area contributed by atoms with Crippen LogP contribution in [0.15, 0.2) is 40.9 Å². The number of hydrogen-bond acceptors (Lipinski definition) is 1. The van der Waals surface area contributed by atoms with Gasteiger partial charge in [0.1, 0.15) is 5.82 Å². The minimum absolute atomic E-state index is 0.318. The van der Waals surface area contributed by atoms with Crippen molar-refractivity contribution in [3.63, 3.8) is 0 Å². The minimum Gasteiger partial charge on any atom is -0.324 e. The Morgan fingerprint density at radius 3 is 2.58 bits per heavy atom. The monoisotopic (exact) mass is 361 g/mol. The molecule has 0 heterocycles. The van der Waals surface area contributed by atoms with Crippen LogP contribution >= 0.6 is 39.1 Å². The lowest BCUT2D eigenvalue weighted by atomic mass is 9.99. The molecular formula is C14H11BrCl2FN. The predicted octanol–water partition coefficient (Wildman–Crippen LogP) is 5.14. The first-order valence-corrected chi connectivity index (χ1v) is 7.16. The largest absolute Gasteiger partial charge is 0.324 e. The van der Waals surface area contributed by atoms with E-state index in [2.05, 4.69) is 15.9 Å². The molecule has 0 aromatic heterocycles. The first-order valence-electron chi connectivity index (χ1n) is 5.62. The molecule has 1 atom stereocenters. The second-order valence-electron chi connectivity index (χ2n) is 4.21. The van der Waals surface area contributed by atoms with Gasteiger partial charge in [-0.2, -0.15) is 0 Å². The van der Waals surface area contributed by atoms with Crippen LogP contribution in [-0.2, 0) is 6.42 Å². The Hall–Kier alpha value is -0.610. The normalized spacial score (nSPS) is 12.5. The Morgan fingerprint density at radius 2 is 1.95 bits per heavy atom. The van der Waals surface area contributed by atoms with Gasteiger partial charge in [0.15, 0.2) is 0 Å². The van der Waals surface area contributed by atoms with E-state index in [-0.39, 0.29) is 11.9 Å². The first kappa shape index (κ1) is 14.8. The van der Waals surface area contributed by atoms with Gasteiger partial charge in [-0.3, -0.25) is 0 Å². The van der Waals surface area contributed by atoms with Gasteiger partial charge in [0.2, 0.25) is 0 Å². The summed E-state index contributed by atoms with van der Waals surface area (Å²) in [7, 11) is 0. The summed E-state index contributed by atoms with van der Waals surface area (Å²) in [4.78, 5) is 0. The average Bonchev–Trinajstić information content (AvgIpc) is 2.32. The molecule has 0 amide bonds. The smallest absolute Gasteiger partial charge is 0.127 e. The van der Waals surface area contributed by atoms with Crippen LogP contribution < -0.4 is 5.73 Å². The van der Waals surface area contributed by atoms with Crippen molar-refractivity contribution in [2.75, 3.05) is 0 Å². The Labute approximate surface area is 129 Å². The fourth-order valence-electron chi connectivity index (χ4n) is 1.85. The van der Waals surface area contributed by atoms with Gasteiger partial charge in [-0.05, 0) is 42.3 Å². The number of nitrogens with two attached hydrogens (primary N) is 1. The van der Waals surface area contributed by atoms with Gasteiger partial charge in [0, 0.05) is 26.1 Å². The Morgan fingerprint density at radius 1 is 1.21 bits per heavy atom. The Balaban J connectivity index is 2.28. The van der Waals surface area contributed by atoms with Crippen LogP contribution in [0.4, 0.5) is 4.39 Å². The SMILES string of the molecule is NC(Cc1c(F)cccc1Cl)c1cc(Cl)cc(Br)c1. The van der Waals surface area contributed by atoms with Crippen LogP contribution in [-0.4, -0.2) is 0 Å². The van der Waals surface area contributed by atoms with Gasteiger partial charge in [-0.15, -0.1) is 0 Å². The molecule has 5 heteroatoms. The summed E-state index contributed by atoms with van der Waals surface area (Å²) in [5.74, 6) is -0.343. The Kier molecular flexibility index (Phi) is 4.85. The summed E-state index contributed by atoms with van der Waals surface area (Å²) < 4.78 is 14.5. The van der Waals surface area contributed by atoms with E-state index in [0.29, 0.717) is 22.0 Å². The molecule has 2 aromatic carbocycles. The molecule has 2 aromatic rings. The van der Waals surface area contributed by atoms with Crippen LogP contribution in [0.1, 0.15) is 17.2 Å². The van der Waals surface area contributed by atoms with Crippen molar-refractivity contribution < 1.29 is 4.39 Å². The minimum atomic E-state index is -0.371. The van der Waals surface area contributed by atoms with Crippen molar-refractivity contribution in [3.8, 4) is 0 Å². The van der Waals surface area contributed by atoms with Crippen LogP contribution in [0, 0.1) is 5.82 Å². The van der Waals surface area contributed by atoms with Crippen molar-refractivity contribution in [2.45, 2.75) is 12.5 Å². The summed E-state index contributed by atoms with van der Waals surface area (Å²) in [6.45, 7) is 0. The van der Waals surface area contributed by atoms with Crippen molar-refractivity contribution in [1.82, 2.24) is 0 Å². The maximum Gasteiger partial charge on any atom is 0.127 e. The van der Waals surface area contributed by atoms with Crippen LogP contribution in [0.3, 0.4) is 0 Å². The first-order chi connectivity index (χ1) is 8.97. The van der Waals surface area contributed by atoms with E-state index < -0.39 is 0 Å². The van der Waals surface area contributed by atoms with E-state index in [4.69, 9.17) is 28.9 Å². The molecule has 0 aliphatic rings. The molecule has 0 bridgehead atoms. The molecule has 0 saturated carbocycles. The highest BCUT2D eigenvalue weighted by Gasteiger charge is 2.14. The van der Waals surface area contributed by atoms with Crippen LogP contribution in [0.2, 0.25) is 10.0 Å². The van der Waals surface area contributed by atoms with Crippen molar-refractivity contribution in [1.29, 1.82) is 0 Å². The molecule has 0 saturated heterocycles. The quantitative estimate of drug-likeness (QED) is 0.803. The summed E-state index contributed by atoms with van der Waals surface area (Å²) >= 11 is 15.3. The molecule has 1 nitrogen and oxygen atoms in total. The lowest BCUT2D eigenvalue weighted by Gasteiger charge is -2.14. The highest BCUT2D eigenvalue weighted by Crippen LogP contribution is 2.28. The maximum atomic E-state index is 13.7. The third-order valence-corrected chi connectivity index (χ3v) is 3.83. The number of benzene rings is 2. The van der Waals surface area contributed by atoms with E-state index in [1.165, 1.54) is 6.07 Å². The fraction of sp³-hybridized carbons (Fsp3) is 0.143. The van der Waals surface area contributed by atoms with Gasteiger partial charge in [-0.25, -0.2) is 4.39 Å². The van der Waals surface area contributed by atoms with Crippen molar-refractivity contribution in [3.05, 3.63) is 67.9 Å². The summed E-state index contributed by atoms with van der Waals surface area (Å²) in [6, 6.07) is 9.64. The van der Waals surface area contributed by atoms with E-state index >= 15 is 0 Å². The standard InChI is InChI=1S/C14H11BrCl2FN/c15-9-4-8(5-10(16)6-9)14(19)7-11-12(17)2-1-3-13(11)18/h1-6,14H,7,19H2. The molecule has 0 fully saturated rings. The number of rotatable bonds is 3. The predicted molar refractivity (Wildman–Crippen MR) is 81.2 cm³/mol. The van der Waals surface area contributed by atoms with Crippen LogP contribution in [0.5, 0.6) is 0 Å². The zero-order valence-electron chi connectivity index (χ0n) is 9.84. The van der Waals surface area contributed by atoms with E-state index in [1.54, 1.807) is 24.3 Å². The zero-order valence-corrected chi connectivity index (χ0v) is 12.9. The fourth-order valence-corrected chi connectivity index (χ4v) is 2.98. The van der Waals surface area contributed by atoms with Crippen LogP contribution in [0.25, 0.3) is 0 Å². The molecule has 0 spiro atoms. The molecule has 100 valence electrons. The molecule has 0 radical (unpaired) electrons. The second-order valence-corrected chi connectivity index (χ2v) is 5.97. The molecule has 19 heavy (non-hydrogen) atoms. The van der Waals surface area contributed by atoms with Gasteiger partial charge in [0.25, 0.3) is 0 Å². The third kappa shape index (κ3) is 3.69. The molecular weight excluding hydrogens is 352 g/mol. The van der Waals surface area contributed by atoms with E-state index in [9.17, 15) is 4.39 Å². The Bertz CT molecular complexity index is 563. The molecule has 2 rings (SSSR count). The average molecular weight is 363 g/mol. The van der Waals surface area contributed by atoms with Gasteiger partial charge >= 0.3 is 0 Å². The van der Waals surface area contributed by atoms with Crippen molar-refractivity contribution in [2.24, 2.45) is 5.73 Å². The van der Waals surface area contributed by atoms with E-state index in [1.807, 2.05) is 6.07 Å². The number of halogens is 4. The molecule has 0 aliphatic carbocycles. The summed E-state index contributed by atoms with van der Waals surface area (Å²) in [5, 5.41) is 0.969. The maximum absolute atomic E-state index is 13.7. The second kappa shape index (κ2) is 6.23. The summed E-state index contributed by atoms with van der Waals surface area (Å²) in [6.07, 6.45) is 0.318. The van der Waals surface area contributed by atoms with E-state index in [0.717, 1.165) is 10.0 Å². The summed E-state index contributed by atoms with van der Waals surface area (Å²) in [5.41, 5.74) is 7.35. The third-order valence-electron chi connectivity index (χ3n) is 2.80. The van der Waals surface area contributed by atoms with Crippen molar-refractivity contribution >= 4 is 39.1 Å². The topological polar surface area (TPSA) is 26.0 Å². The number of hydrogen-bond donors (Lipinski definition) is 1. The van der Waals surface area contributed by atoms with Gasteiger partial charge in [0.05, 0.1) is 0 Å². The molecule has 2 N–H and O–H groups in total. The van der Waals surface area contributed by atoms with Gasteiger partial charge in [-0.1, -0.05) is 45.2 Å². The zero-order chi connectivity index (χ0) is 14.0. The highest BCUT2D eigenvalue weighted by molar-refractivity contribution is 9.10. The highest BCUT2D eigenvalue weighted by atomic mass is 79.9. The lowest BCUT2D eigenvalue weighted by molar-refractivity contribution is 0.593. The van der Waals surface area contributed by atoms with Gasteiger partial charge < -0.3 is 5.73 Å². The lowest BCUT2D eigenvalue weighted by Crippen LogP contribution is -2.14.